The highest BCUT2D eigenvalue weighted by Crippen LogP contribution is 2.18. The number of aromatic nitrogens is 5. The number of anilines is 1. The van der Waals surface area contributed by atoms with Gasteiger partial charge in [0.15, 0.2) is 12.4 Å². The summed E-state index contributed by atoms with van der Waals surface area (Å²) >= 11 is 0. The number of aryl methyl sites for hydroxylation is 1. The zero-order chi connectivity index (χ0) is 22.7. The third-order valence-corrected chi connectivity index (χ3v) is 4.60. The van der Waals surface area contributed by atoms with Crippen molar-refractivity contribution in [2.75, 3.05) is 11.9 Å². The molecule has 0 spiro atoms. The molecular weight excluding hydrogens is 415 g/mol. The summed E-state index contributed by atoms with van der Waals surface area (Å²) in [6.45, 7) is 2.97. The van der Waals surface area contributed by atoms with E-state index < -0.39 is 18.5 Å². The molecule has 3 aromatic heterocycles. The number of hydrogen-bond donors (Lipinski definition) is 1. The Morgan fingerprint density at radius 3 is 2.59 bits per heavy atom. The number of carbonyl (C=O) groups is 2. The predicted octanol–water partition coefficient (Wildman–Crippen LogP) is 3.00. The number of benzene rings is 1. The number of esters is 1. The van der Waals surface area contributed by atoms with Crippen LogP contribution in [0, 0.1) is 19.7 Å². The van der Waals surface area contributed by atoms with Crippen LogP contribution in [0.5, 0.6) is 0 Å². The lowest BCUT2D eigenvalue weighted by Gasteiger charge is -2.09. The third-order valence-electron chi connectivity index (χ3n) is 4.60. The average molecular weight is 434 g/mol. The molecule has 0 aliphatic heterocycles. The molecule has 1 amide bonds. The van der Waals surface area contributed by atoms with Crippen molar-refractivity contribution < 1.29 is 18.7 Å². The maximum absolute atomic E-state index is 13.2. The molecule has 0 bridgehead atoms. The van der Waals surface area contributed by atoms with Crippen LogP contribution < -0.4 is 5.32 Å². The van der Waals surface area contributed by atoms with Gasteiger partial charge >= 0.3 is 5.97 Å². The Hall–Kier alpha value is -4.34. The van der Waals surface area contributed by atoms with E-state index >= 15 is 0 Å². The zero-order valence-corrected chi connectivity index (χ0v) is 17.3. The van der Waals surface area contributed by atoms with Gasteiger partial charge in [-0.15, -0.1) is 0 Å². The molecular formula is C22H19FN6O3. The van der Waals surface area contributed by atoms with Gasteiger partial charge in [0.05, 0.1) is 23.3 Å². The Labute approximate surface area is 182 Å². The van der Waals surface area contributed by atoms with Crippen molar-refractivity contribution in [3.05, 3.63) is 83.7 Å². The van der Waals surface area contributed by atoms with E-state index in [-0.39, 0.29) is 11.4 Å². The topological polar surface area (TPSA) is 104 Å². The van der Waals surface area contributed by atoms with Crippen LogP contribution in [0.15, 0.2) is 60.9 Å². The minimum absolute atomic E-state index is 0.232. The van der Waals surface area contributed by atoms with Crippen LogP contribution >= 0.6 is 0 Å². The van der Waals surface area contributed by atoms with Crippen molar-refractivity contribution in [3.63, 3.8) is 0 Å². The Balaban J connectivity index is 1.42. The highest BCUT2D eigenvalue weighted by atomic mass is 19.1. The first kappa shape index (κ1) is 20.9. The summed E-state index contributed by atoms with van der Waals surface area (Å²) in [6, 6.07) is 12.7. The first-order valence-electron chi connectivity index (χ1n) is 9.68. The fraction of sp³-hybridized carbons (Fsp3) is 0.136. The van der Waals surface area contributed by atoms with E-state index in [0.29, 0.717) is 28.7 Å². The van der Waals surface area contributed by atoms with Gasteiger partial charge in [-0.25, -0.2) is 23.5 Å². The average Bonchev–Trinajstić information content (AvgIpc) is 3.35. The molecule has 1 N–H and O–H groups in total. The van der Waals surface area contributed by atoms with Gasteiger partial charge in [0.25, 0.3) is 5.91 Å². The minimum atomic E-state index is -0.678. The maximum atomic E-state index is 13.2. The molecule has 4 aromatic rings. The van der Waals surface area contributed by atoms with Crippen LogP contribution in [-0.4, -0.2) is 43.0 Å². The fourth-order valence-electron chi connectivity index (χ4n) is 3.08. The smallest absolute Gasteiger partial charge is 0.342 e. The summed E-state index contributed by atoms with van der Waals surface area (Å²) < 4.78 is 21.3. The minimum Gasteiger partial charge on any atom is -0.452 e. The van der Waals surface area contributed by atoms with E-state index in [1.165, 1.54) is 27.7 Å². The molecule has 0 unspecified atom stereocenters. The molecule has 9 nitrogen and oxygen atoms in total. The summed E-state index contributed by atoms with van der Waals surface area (Å²) in [5.74, 6) is -0.670. The predicted molar refractivity (Wildman–Crippen MR) is 113 cm³/mol. The number of nitrogens with zero attached hydrogens (tertiary/aromatic N) is 5. The van der Waals surface area contributed by atoms with Crippen molar-refractivity contribution in [2.45, 2.75) is 13.8 Å². The Morgan fingerprint density at radius 1 is 1.09 bits per heavy atom. The number of amides is 1. The van der Waals surface area contributed by atoms with E-state index in [4.69, 9.17) is 4.74 Å². The second-order valence-electron chi connectivity index (χ2n) is 6.93. The van der Waals surface area contributed by atoms with Crippen LogP contribution in [0.4, 0.5) is 10.2 Å². The number of nitrogens with one attached hydrogen (secondary N) is 1. The molecule has 3 heterocycles. The summed E-state index contributed by atoms with van der Waals surface area (Å²) in [5, 5.41) is 11.1. The quantitative estimate of drug-likeness (QED) is 0.468. The van der Waals surface area contributed by atoms with Crippen molar-refractivity contribution in [2.24, 2.45) is 0 Å². The number of hydrogen-bond acceptors (Lipinski definition) is 6. The normalized spacial score (nSPS) is 10.7. The third kappa shape index (κ3) is 4.38. The molecule has 0 aliphatic rings. The molecule has 4 rings (SSSR count). The highest BCUT2D eigenvalue weighted by Gasteiger charge is 2.19. The maximum Gasteiger partial charge on any atom is 0.342 e. The number of rotatable bonds is 6. The molecule has 0 radical (unpaired) electrons. The van der Waals surface area contributed by atoms with E-state index in [1.54, 1.807) is 50.4 Å². The van der Waals surface area contributed by atoms with Gasteiger partial charge in [-0.3, -0.25) is 4.79 Å². The van der Waals surface area contributed by atoms with Gasteiger partial charge in [-0.1, -0.05) is 6.07 Å². The Kier molecular flexibility index (Phi) is 5.75. The lowest BCUT2D eigenvalue weighted by Crippen LogP contribution is -2.22. The van der Waals surface area contributed by atoms with Crippen molar-refractivity contribution in [1.82, 2.24) is 24.5 Å². The van der Waals surface area contributed by atoms with Crippen LogP contribution in [-0.2, 0) is 9.53 Å². The van der Waals surface area contributed by atoms with Gasteiger partial charge < -0.3 is 10.1 Å². The van der Waals surface area contributed by atoms with Crippen LogP contribution in [0.25, 0.3) is 11.5 Å². The Bertz CT molecular complexity index is 1260. The molecule has 162 valence electrons. The molecule has 0 atom stereocenters. The molecule has 0 saturated carbocycles. The first-order valence-corrected chi connectivity index (χ1v) is 9.68. The molecule has 0 aliphatic carbocycles. The van der Waals surface area contributed by atoms with Crippen molar-refractivity contribution in [3.8, 4) is 11.5 Å². The first-order chi connectivity index (χ1) is 15.4. The fourth-order valence-corrected chi connectivity index (χ4v) is 3.08. The SMILES string of the molecule is Cc1cc(NC(=O)COC(=O)c2cnn(-c3ccccn3)c2C)n(-c2ccc(F)cc2)n1. The summed E-state index contributed by atoms with van der Waals surface area (Å²) in [6.07, 6.45) is 2.99. The van der Waals surface area contributed by atoms with Crippen LogP contribution in [0.2, 0.25) is 0 Å². The van der Waals surface area contributed by atoms with E-state index in [0.717, 1.165) is 0 Å². The number of halogens is 1. The number of ether oxygens (including phenoxy) is 1. The number of pyridine rings is 1. The molecule has 32 heavy (non-hydrogen) atoms. The summed E-state index contributed by atoms with van der Waals surface area (Å²) in [4.78, 5) is 29.0. The van der Waals surface area contributed by atoms with Crippen molar-refractivity contribution in [1.29, 1.82) is 0 Å². The highest BCUT2D eigenvalue weighted by molar-refractivity contribution is 5.95. The lowest BCUT2D eigenvalue weighted by atomic mass is 10.2. The Morgan fingerprint density at radius 2 is 1.88 bits per heavy atom. The second kappa shape index (κ2) is 8.80. The van der Waals surface area contributed by atoms with E-state index in [2.05, 4.69) is 20.5 Å². The molecule has 1 aromatic carbocycles. The van der Waals surface area contributed by atoms with E-state index in [9.17, 15) is 14.0 Å². The van der Waals surface area contributed by atoms with Crippen molar-refractivity contribution >= 4 is 17.7 Å². The van der Waals surface area contributed by atoms with E-state index in [1.807, 2.05) is 6.07 Å². The van der Waals surface area contributed by atoms with Gasteiger partial charge in [0.1, 0.15) is 17.2 Å². The van der Waals surface area contributed by atoms with Gasteiger partial charge in [0.2, 0.25) is 0 Å². The standard InChI is InChI=1S/C22H19FN6O3/c1-14-11-20(29(27-14)17-8-6-16(23)7-9-17)26-21(30)13-32-22(31)18-12-25-28(15(18)2)19-5-3-4-10-24-19/h3-12H,13H2,1-2H3,(H,26,30). The monoisotopic (exact) mass is 434 g/mol. The zero-order valence-electron chi connectivity index (χ0n) is 17.3. The second-order valence-corrected chi connectivity index (χ2v) is 6.93. The van der Waals surface area contributed by atoms with Gasteiger partial charge in [-0.05, 0) is 50.2 Å². The molecule has 0 fully saturated rings. The number of carbonyl (C=O) groups excluding carboxylic acids is 2. The van der Waals surface area contributed by atoms with Gasteiger partial charge in [0, 0.05) is 12.3 Å². The largest absolute Gasteiger partial charge is 0.452 e. The summed E-state index contributed by atoms with van der Waals surface area (Å²) in [7, 11) is 0. The van der Waals surface area contributed by atoms with Crippen LogP contribution in [0.1, 0.15) is 21.7 Å². The molecule has 10 heteroatoms. The van der Waals surface area contributed by atoms with Gasteiger partial charge in [-0.2, -0.15) is 10.2 Å². The molecule has 0 saturated heterocycles. The summed E-state index contributed by atoms with van der Waals surface area (Å²) in [5.41, 5.74) is 2.00. The lowest BCUT2D eigenvalue weighted by molar-refractivity contribution is -0.119. The van der Waals surface area contributed by atoms with Crippen LogP contribution in [0.3, 0.4) is 0 Å².